The molecule has 1 aliphatic carbocycles. The van der Waals surface area contributed by atoms with Crippen molar-refractivity contribution in [2.75, 3.05) is 13.7 Å². The molecule has 3 unspecified atom stereocenters. The fourth-order valence-electron chi connectivity index (χ4n) is 2.25. The molecule has 0 aliphatic heterocycles. The Morgan fingerprint density at radius 1 is 1.35 bits per heavy atom. The first-order chi connectivity index (χ1) is 8.04. The molecule has 100 valence electrons. The van der Waals surface area contributed by atoms with Gasteiger partial charge >= 0.3 is 0 Å². The zero-order chi connectivity index (χ0) is 12.8. The smallest absolute Gasteiger partial charge is 0.236 e. The van der Waals surface area contributed by atoms with Crippen LogP contribution in [0.2, 0.25) is 0 Å². The number of hydrogen-bond acceptors (Lipinski definition) is 3. The van der Waals surface area contributed by atoms with E-state index in [1.807, 2.05) is 6.92 Å². The highest BCUT2D eigenvalue weighted by Gasteiger charge is 2.29. The van der Waals surface area contributed by atoms with Crippen LogP contribution in [-0.4, -0.2) is 37.7 Å². The Labute approximate surface area is 104 Å². The van der Waals surface area contributed by atoms with Crippen LogP contribution in [0.1, 0.15) is 40.0 Å². The molecule has 4 heteroatoms. The van der Waals surface area contributed by atoms with E-state index in [4.69, 9.17) is 4.74 Å². The minimum Gasteiger partial charge on any atom is -0.380 e. The van der Waals surface area contributed by atoms with Crippen molar-refractivity contribution in [2.24, 2.45) is 5.92 Å². The van der Waals surface area contributed by atoms with Crippen LogP contribution in [0.4, 0.5) is 0 Å². The maximum absolute atomic E-state index is 11.8. The molecule has 1 saturated carbocycles. The van der Waals surface area contributed by atoms with Crippen molar-refractivity contribution in [3.05, 3.63) is 0 Å². The van der Waals surface area contributed by atoms with Crippen LogP contribution >= 0.6 is 0 Å². The highest BCUT2D eigenvalue weighted by Crippen LogP contribution is 2.21. The molecular formula is C13H26N2O2. The molecule has 1 aliphatic rings. The van der Waals surface area contributed by atoms with E-state index in [-0.39, 0.29) is 18.1 Å². The van der Waals surface area contributed by atoms with Crippen LogP contribution in [0.25, 0.3) is 0 Å². The first-order valence-corrected chi connectivity index (χ1v) is 6.61. The number of ether oxygens (including phenoxy) is 1. The van der Waals surface area contributed by atoms with E-state index in [1.54, 1.807) is 7.11 Å². The van der Waals surface area contributed by atoms with Gasteiger partial charge in [-0.05, 0) is 32.1 Å². The van der Waals surface area contributed by atoms with Crippen molar-refractivity contribution in [1.29, 1.82) is 0 Å². The molecule has 1 rings (SSSR count). The standard InChI is InChI=1S/C13H26N2O2/c1-9(2)8-14-13(16)10(3)15-11-6-5-7-12(11)17-4/h9-12,15H,5-8H2,1-4H3,(H,14,16). The molecule has 0 spiro atoms. The van der Waals surface area contributed by atoms with E-state index < -0.39 is 0 Å². The highest BCUT2D eigenvalue weighted by atomic mass is 16.5. The first kappa shape index (κ1) is 14.5. The number of amides is 1. The van der Waals surface area contributed by atoms with Crippen molar-refractivity contribution < 1.29 is 9.53 Å². The fourth-order valence-corrected chi connectivity index (χ4v) is 2.25. The predicted molar refractivity (Wildman–Crippen MR) is 68.9 cm³/mol. The van der Waals surface area contributed by atoms with Crippen molar-refractivity contribution >= 4 is 5.91 Å². The lowest BCUT2D eigenvalue weighted by Crippen LogP contribution is -2.49. The van der Waals surface area contributed by atoms with Crippen molar-refractivity contribution in [3.8, 4) is 0 Å². The summed E-state index contributed by atoms with van der Waals surface area (Å²) in [7, 11) is 1.74. The molecule has 0 bridgehead atoms. The summed E-state index contributed by atoms with van der Waals surface area (Å²) in [6.45, 7) is 6.84. The van der Waals surface area contributed by atoms with Crippen LogP contribution < -0.4 is 10.6 Å². The highest BCUT2D eigenvalue weighted by molar-refractivity contribution is 5.81. The minimum atomic E-state index is -0.144. The van der Waals surface area contributed by atoms with Gasteiger partial charge in [-0.25, -0.2) is 0 Å². The maximum atomic E-state index is 11.8. The van der Waals surface area contributed by atoms with Crippen molar-refractivity contribution in [1.82, 2.24) is 10.6 Å². The molecule has 4 nitrogen and oxygen atoms in total. The van der Waals surface area contributed by atoms with Gasteiger partial charge in [-0.1, -0.05) is 13.8 Å². The lowest BCUT2D eigenvalue weighted by Gasteiger charge is -2.23. The molecule has 0 radical (unpaired) electrons. The number of carbonyl (C=O) groups excluding carboxylic acids is 1. The minimum absolute atomic E-state index is 0.0838. The first-order valence-electron chi connectivity index (χ1n) is 6.61. The Balaban J connectivity index is 2.32. The van der Waals surface area contributed by atoms with E-state index in [2.05, 4.69) is 24.5 Å². The number of hydrogen-bond donors (Lipinski definition) is 2. The average molecular weight is 242 g/mol. The maximum Gasteiger partial charge on any atom is 0.236 e. The molecule has 17 heavy (non-hydrogen) atoms. The number of methoxy groups -OCH3 is 1. The van der Waals surface area contributed by atoms with Crippen molar-refractivity contribution in [2.45, 2.75) is 58.2 Å². The number of rotatable bonds is 6. The Morgan fingerprint density at radius 2 is 2.06 bits per heavy atom. The van der Waals surface area contributed by atoms with Gasteiger partial charge in [0.25, 0.3) is 0 Å². The summed E-state index contributed by atoms with van der Waals surface area (Å²) in [5, 5.41) is 6.31. The molecule has 0 heterocycles. The molecule has 2 N–H and O–H groups in total. The van der Waals surface area contributed by atoms with Gasteiger partial charge in [0.2, 0.25) is 5.91 Å². The normalized spacial score (nSPS) is 26.2. The molecule has 0 aromatic carbocycles. The third-order valence-electron chi connectivity index (χ3n) is 3.30. The van der Waals surface area contributed by atoms with Gasteiger partial charge in [0.05, 0.1) is 12.1 Å². The summed E-state index contributed by atoms with van der Waals surface area (Å²) in [4.78, 5) is 11.8. The van der Waals surface area contributed by atoms with Gasteiger partial charge in [0, 0.05) is 19.7 Å². The SMILES string of the molecule is COC1CCCC1NC(C)C(=O)NCC(C)C. The second-order valence-corrected chi connectivity index (χ2v) is 5.34. The van der Waals surface area contributed by atoms with E-state index in [0.29, 0.717) is 12.0 Å². The molecule has 0 aromatic heterocycles. The van der Waals surface area contributed by atoms with Crippen LogP contribution in [-0.2, 0) is 9.53 Å². The summed E-state index contributed by atoms with van der Waals surface area (Å²) in [5.74, 6) is 0.574. The third-order valence-corrected chi connectivity index (χ3v) is 3.30. The quantitative estimate of drug-likeness (QED) is 0.738. The van der Waals surface area contributed by atoms with Gasteiger partial charge in [-0.15, -0.1) is 0 Å². The Kier molecular flexibility index (Phi) is 5.92. The number of nitrogens with one attached hydrogen (secondary N) is 2. The van der Waals surface area contributed by atoms with Crippen LogP contribution in [0.5, 0.6) is 0 Å². The Morgan fingerprint density at radius 3 is 2.65 bits per heavy atom. The number of carbonyl (C=O) groups is 1. The van der Waals surface area contributed by atoms with E-state index in [1.165, 1.54) is 6.42 Å². The van der Waals surface area contributed by atoms with Crippen molar-refractivity contribution in [3.63, 3.8) is 0 Å². The summed E-state index contributed by atoms with van der Waals surface area (Å²) in [6, 6.07) is 0.175. The van der Waals surface area contributed by atoms with Gasteiger partial charge in [0.15, 0.2) is 0 Å². The fraction of sp³-hybridized carbons (Fsp3) is 0.923. The van der Waals surface area contributed by atoms with E-state index in [0.717, 1.165) is 19.4 Å². The van der Waals surface area contributed by atoms with Gasteiger partial charge in [-0.2, -0.15) is 0 Å². The Hall–Kier alpha value is -0.610. The van der Waals surface area contributed by atoms with Gasteiger partial charge in [0.1, 0.15) is 0 Å². The summed E-state index contributed by atoms with van der Waals surface area (Å²) >= 11 is 0. The second kappa shape index (κ2) is 6.97. The largest absolute Gasteiger partial charge is 0.380 e. The Bertz CT molecular complexity index is 244. The molecule has 3 atom stereocenters. The van der Waals surface area contributed by atoms with Crippen LogP contribution in [0, 0.1) is 5.92 Å². The topological polar surface area (TPSA) is 50.4 Å². The average Bonchev–Trinajstić information content (AvgIpc) is 2.72. The second-order valence-electron chi connectivity index (χ2n) is 5.34. The zero-order valence-electron chi connectivity index (χ0n) is 11.5. The zero-order valence-corrected chi connectivity index (χ0v) is 11.5. The molecule has 0 saturated heterocycles. The van der Waals surface area contributed by atoms with E-state index >= 15 is 0 Å². The third kappa shape index (κ3) is 4.64. The van der Waals surface area contributed by atoms with Crippen LogP contribution in [0.3, 0.4) is 0 Å². The molecule has 0 aromatic rings. The van der Waals surface area contributed by atoms with Crippen LogP contribution in [0.15, 0.2) is 0 Å². The summed E-state index contributed by atoms with van der Waals surface area (Å²) < 4.78 is 5.41. The van der Waals surface area contributed by atoms with E-state index in [9.17, 15) is 4.79 Å². The monoisotopic (exact) mass is 242 g/mol. The molecular weight excluding hydrogens is 216 g/mol. The molecule has 1 amide bonds. The molecule has 1 fully saturated rings. The lowest BCUT2D eigenvalue weighted by atomic mass is 10.1. The predicted octanol–water partition coefficient (Wildman–Crippen LogP) is 1.30. The van der Waals surface area contributed by atoms with Gasteiger partial charge < -0.3 is 15.4 Å². The van der Waals surface area contributed by atoms with Gasteiger partial charge in [-0.3, -0.25) is 4.79 Å². The summed E-state index contributed by atoms with van der Waals surface area (Å²) in [5.41, 5.74) is 0. The summed E-state index contributed by atoms with van der Waals surface area (Å²) in [6.07, 6.45) is 3.63. The lowest BCUT2D eigenvalue weighted by molar-refractivity contribution is -0.123.